The summed E-state index contributed by atoms with van der Waals surface area (Å²) in [6.45, 7) is 9.96. The average molecular weight is 333 g/mol. The van der Waals surface area contributed by atoms with Crippen LogP contribution >= 0.6 is 0 Å². The minimum Gasteiger partial charge on any atom is -0.466 e. The first kappa shape index (κ1) is 19.4. The van der Waals surface area contributed by atoms with Gasteiger partial charge in [0.25, 0.3) is 0 Å². The molecule has 0 bridgehead atoms. The Balaban J connectivity index is 2.50. The second-order valence-electron chi connectivity index (χ2n) is 7.12. The van der Waals surface area contributed by atoms with Gasteiger partial charge in [-0.25, -0.2) is 12.7 Å². The van der Waals surface area contributed by atoms with Crippen LogP contribution < -0.4 is 0 Å². The van der Waals surface area contributed by atoms with Crippen LogP contribution in [0.1, 0.15) is 59.8 Å². The highest BCUT2D eigenvalue weighted by atomic mass is 32.2. The third-order valence-corrected chi connectivity index (χ3v) is 6.35. The van der Waals surface area contributed by atoms with E-state index in [1.54, 1.807) is 11.2 Å². The Morgan fingerprint density at radius 3 is 2.50 bits per heavy atom. The second kappa shape index (κ2) is 8.29. The van der Waals surface area contributed by atoms with Crippen LogP contribution in [0.4, 0.5) is 0 Å². The molecule has 1 fully saturated rings. The molecule has 0 aliphatic carbocycles. The van der Waals surface area contributed by atoms with Gasteiger partial charge < -0.3 is 4.74 Å². The molecule has 0 spiro atoms. The van der Waals surface area contributed by atoms with Crippen molar-refractivity contribution in [2.45, 2.75) is 59.8 Å². The van der Waals surface area contributed by atoms with Crippen molar-refractivity contribution in [3.8, 4) is 0 Å². The molecule has 0 aromatic rings. The summed E-state index contributed by atoms with van der Waals surface area (Å²) in [4.78, 5) is 11.3. The maximum Gasteiger partial charge on any atom is 0.305 e. The van der Waals surface area contributed by atoms with Gasteiger partial charge in [-0.2, -0.15) is 0 Å². The monoisotopic (exact) mass is 333 g/mol. The number of sulfonamides is 1. The van der Waals surface area contributed by atoms with E-state index in [1.807, 2.05) is 0 Å². The minimum absolute atomic E-state index is 0.0337. The molecule has 0 saturated carbocycles. The maximum atomic E-state index is 12.4. The van der Waals surface area contributed by atoms with E-state index in [4.69, 9.17) is 4.74 Å². The van der Waals surface area contributed by atoms with Crippen molar-refractivity contribution in [2.24, 2.45) is 11.3 Å². The summed E-state index contributed by atoms with van der Waals surface area (Å²) in [5.74, 6) is 0.278. The zero-order valence-corrected chi connectivity index (χ0v) is 15.2. The molecule has 22 heavy (non-hydrogen) atoms. The first-order valence-electron chi connectivity index (χ1n) is 8.30. The predicted molar refractivity (Wildman–Crippen MR) is 88.0 cm³/mol. The van der Waals surface area contributed by atoms with E-state index in [0.29, 0.717) is 32.0 Å². The van der Waals surface area contributed by atoms with Gasteiger partial charge in [-0.3, -0.25) is 4.79 Å². The Kier molecular flexibility index (Phi) is 7.32. The lowest BCUT2D eigenvalue weighted by Gasteiger charge is -2.29. The molecule has 1 aliphatic rings. The molecule has 130 valence electrons. The van der Waals surface area contributed by atoms with Crippen LogP contribution in [0, 0.1) is 11.3 Å². The van der Waals surface area contributed by atoms with E-state index in [2.05, 4.69) is 20.8 Å². The molecular weight excluding hydrogens is 302 g/mol. The zero-order valence-electron chi connectivity index (χ0n) is 14.4. The molecule has 0 aromatic heterocycles. The smallest absolute Gasteiger partial charge is 0.305 e. The maximum absolute atomic E-state index is 12.4. The van der Waals surface area contributed by atoms with E-state index in [-0.39, 0.29) is 23.6 Å². The Labute approximate surface area is 135 Å². The summed E-state index contributed by atoms with van der Waals surface area (Å²) in [6, 6.07) is 0. The van der Waals surface area contributed by atoms with Gasteiger partial charge in [-0.15, -0.1) is 0 Å². The highest BCUT2D eigenvalue weighted by Crippen LogP contribution is 2.34. The van der Waals surface area contributed by atoms with E-state index in [9.17, 15) is 13.2 Å². The Hall–Kier alpha value is -0.620. The van der Waals surface area contributed by atoms with E-state index >= 15 is 0 Å². The summed E-state index contributed by atoms with van der Waals surface area (Å²) in [5, 5.41) is 0. The first-order chi connectivity index (χ1) is 10.2. The number of hydrogen-bond donors (Lipinski definition) is 0. The van der Waals surface area contributed by atoms with Crippen molar-refractivity contribution in [1.29, 1.82) is 0 Å². The van der Waals surface area contributed by atoms with Crippen LogP contribution in [0.5, 0.6) is 0 Å². The van der Waals surface area contributed by atoms with Crippen molar-refractivity contribution < 1.29 is 17.9 Å². The van der Waals surface area contributed by atoms with Crippen molar-refractivity contribution in [2.75, 3.05) is 25.4 Å². The molecule has 0 radical (unpaired) electrons. The SMILES string of the molecule is CCOC(=O)CCCS(=O)(=O)N1CCCC(C(C)(C)C)CC1. The molecule has 1 unspecified atom stereocenters. The molecule has 1 saturated heterocycles. The molecule has 6 heteroatoms. The number of nitrogens with zero attached hydrogens (tertiary/aromatic N) is 1. The molecule has 0 N–H and O–H groups in total. The molecule has 1 atom stereocenters. The number of hydrogen-bond acceptors (Lipinski definition) is 4. The number of rotatable bonds is 6. The summed E-state index contributed by atoms with van der Waals surface area (Å²) in [6.07, 6.45) is 3.42. The van der Waals surface area contributed by atoms with Gasteiger partial charge in [0.15, 0.2) is 0 Å². The van der Waals surface area contributed by atoms with Gasteiger partial charge in [0, 0.05) is 19.5 Å². The lowest BCUT2D eigenvalue weighted by Crippen LogP contribution is -2.34. The molecular formula is C16H31NO4S. The minimum atomic E-state index is -3.26. The van der Waals surface area contributed by atoms with Crippen molar-refractivity contribution in [3.63, 3.8) is 0 Å². The number of carbonyl (C=O) groups is 1. The molecule has 0 aromatic carbocycles. The highest BCUT2D eigenvalue weighted by Gasteiger charge is 2.30. The van der Waals surface area contributed by atoms with Gasteiger partial charge in [-0.1, -0.05) is 20.8 Å². The van der Waals surface area contributed by atoms with Crippen molar-refractivity contribution in [1.82, 2.24) is 4.31 Å². The molecule has 5 nitrogen and oxygen atoms in total. The largest absolute Gasteiger partial charge is 0.466 e. The van der Waals surface area contributed by atoms with Gasteiger partial charge >= 0.3 is 5.97 Å². The lowest BCUT2D eigenvalue weighted by molar-refractivity contribution is -0.143. The number of ether oxygens (including phenoxy) is 1. The van der Waals surface area contributed by atoms with Crippen molar-refractivity contribution in [3.05, 3.63) is 0 Å². The summed E-state index contributed by atoms with van der Waals surface area (Å²) in [7, 11) is -3.26. The van der Waals surface area contributed by atoms with Crippen LogP contribution in [-0.4, -0.2) is 44.1 Å². The van der Waals surface area contributed by atoms with E-state index in [0.717, 1.165) is 19.3 Å². The van der Waals surface area contributed by atoms with Crippen LogP contribution in [0.3, 0.4) is 0 Å². The third kappa shape index (κ3) is 6.24. The molecule has 1 heterocycles. The predicted octanol–water partition coefficient (Wildman–Crippen LogP) is 2.81. The fraction of sp³-hybridized carbons (Fsp3) is 0.938. The van der Waals surface area contributed by atoms with E-state index in [1.165, 1.54) is 0 Å². The van der Waals surface area contributed by atoms with Crippen LogP contribution in [0.25, 0.3) is 0 Å². The van der Waals surface area contributed by atoms with Crippen LogP contribution in [-0.2, 0) is 19.6 Å². The highest BCUT2D eigenvalue weighted by molar-refractivity contribution is 7.89. The first-order valence-corrected chi connectivity index (χ1v) is 9.91. The topological polar surface area (TPSA) is 63.7 Å². The fourth-order valence-electron chi connectivity index (χ4n) is 2.98. The van der Waals surface area contributed by atoms with Gasteiger partial charge in [0.1, 0.15) is 0 Å². The van der Waals surface area contributed by atoms with Gasteiger partial charge in [-0.05, 0) is 43.9 Å². The Morgan fingerprint density at radius 2 is 1.91 bits per heavy atom. The van der Waals surface area contributed by atoms with Gasteiger partial charge in [0.05, 0.1) is 12.4 Å². The van der Waals surface area contributed by atoms with Gasteiger partial charge in [0.2, 0.25) is 10.0 Å². The van der Waals surface area contributed by atoms with Crippen molar-refractivity contribution >= 4 is 16.0 Å². The molecule has 1 rings (SSSR count). The normalized spacial score (nSPS) is 21.4. The Morgan fingerprint density at radius 1 is 1.23 bits per heavy atom. The summed E-state index contributed by atoms with van der Waals surface area (Å²) in [5.41, 5.74) is 0.226. The Bertz CT molecular complexity index is 453. The van der Waals surface area contributed by atoms with E-state index < -0.39 is 10.0 Å². The lowest BCUT2D eigenvalue weighted by atomic mass is 9.77. The zero-order chi connectivity index (χ0) is 16.8. The quantitative estimate of drug-likeness (QED) is 0.701. The summed E-state index contributed by atoms with van der Waals surface area (Å²) >= 11 is 0. The number of esters is 1. The molecule has 1 aliphatic heterocycles. The average Bonchev–Trinajstić information content (AvgIpc) is 2.64. The fourth-order valence-corrected chi connectivity index (χ4v) is 4.53. The second-order valence-corrected chi connectivity index (χ2v) is 9.21. The third-order valence-electron chi connectivity index (χ3n) is 4.39. The number of carbonyl (C=O) groups excluding carboxylic acids is 1. The van der Waals surface area contributed by atoms with Crippen LogP contribution in [0.2, 0.25) is 0 Å². The standard InChI is InChI=1S/C16H31NO4S/c1-5-21-15(18)9-7-13-22(19,20)17-11-6-8-14(10-12-17)16(2,3)4/h14H,5-13H2,1-4H3. The summed E-state index contributed by atoms with van der Waals surface area (Å²) < 4.78 is 31.3. The molecule has 0 amide bonds. The van der Waals surface area contributed by atoms with Crippen LogP contribution in [0.15, 0.2) is 0 Å².